The molecule has 0 fully saturated rings. The second-order valence-electron chi connectivity index (χ2n) is 5.13. The normalized spacial score (nSPS) is 11.1. The van der Waals surface area contributed by atoms with Crippen molar-refractivity contribution in [3.63, 3.8) is 0 Å². The minimum absolute atomic E-state index is 0.946. The van der Waals surface area contributed by atoms with Crippen molar-refractivity contribution < 1.29 is 0 Å². The summed E-state index contributed by atoms with van der Waals surface area (Å²) in [5.74, 6) is 1.01. The molecule has 0 aliphatic rings. The quantitative estimate of drug-likeness (QED) is 0.773. The fourth-order valence-electron chi connectivity index (χ4n) is 2.37. The predicted molar refractivity (Wildman–Crippen MR) is 80.9 cm³/mol. The van der Waals surface area contributed by atoms with Crippen molar-refractivity contribution in [2.24, 2.45) is 7.05 Å². The van der Waals surface area contributed by atoms with Crippen LogP contribution in [0.1, 0.15) is 12.0 Å². The molecule has 0 saturated heterocycles. The maximum atomic E-state index is 4.62. The summed E-state index contributed by atoms with van der Waals surface area (Å²) in [7, 11) is 4.03. The monoisotopic (exact) mass is 269 g/mol. The molecule has 0 radical (unpaired) electrons. The van der Waals surface area contributed by atoms with Crippen LogP contribution >= 0.6 is 0 Å². The Kier molecular flexibility index (Phi) is 3.41. The highest BCUT2D eigenvalue weighted by Crippen LogP contribution is 2.16. The first-order valence-electron chi connectivity index (χ1n) is 6.85. The highest BCUT2D eigenvalue weighted by molar-refractivity contribution is 5.77. The maximum absolute atomic E-state index is 4.62. The fraction of sp³-hybridized carbons (Fsp3) is 0.333. The molecule has 0 saturated carbocycles. The van der Waals surface area contributed by atoms with E-state index in [-0.39, 0.29) is 0 Å². The Balaban J connectivity index is 1.59. The number of aromatic nitrogens is 4. The number of anilines is 1. The van der Waals surface area contributed by atoms with Crippen LogP contribution in [0.25, 0.3) is 11.0 Å². The van der Waals surface area contributed by atoms with Gasteiger partial charge < -0.3 is 9.88 Å². The number of nitrogens with one attached hydrogen (secondary N) is 1. The lowest BCUT2D eigenvalue weighted by Crippen LogP contribution is -2.20. The van der Waals surface area contributed by atoms with Crippen molar-refractivity contribution in [3.8, 4) is 0 Å². The third kappa shape index (κ3) is 2.66. The Labute approximate surface area is 118 Å². The van der Waals surface area contributed by atoms with Gasteiger partial charge in [0.1, 0.15) is 11.5 Å². The number of H-pyrrole nitrogens is 1. The Hall–Kier alpha value is -2.30. The van der Waals surface area contributed by atoms with E-state index < -0.39 is 0 Å². The third-order valence-corrected chi connectivity index (χ3v) is 3.50. The van der Waals surface area contributed by atoms with Gasteiger partial charge in [0, 0.05) is 38.4 Å². The molecule has 0 aliphatic carbocycles. The second kappa shape index (κ2) is 5.36. The van der Waals surface area contributed by atoms with Gasteiger partial charge in [-0.1, -0.05) is 0 Å². The van der Waals surface area contributed by atoms with Gasteiger partial charge in [-0.3, -0.25) is 4.68 Å². The lowest BCUT2D eigenvalue weighted by atomic mass is 10.2. The Morgan fingerprint density at radius 1 is 1.30 bits per heavy atom. The highest BCUT2D eigenvalue weighted by Gasteiger charge is 2.05. The van der Waals surface area contributed by atoms with Gasteiger partial charge in [-0.2, -0.15) is 5.10 Å². The zero-order valence-corrected chi connectivity index (χ0v) is 11.9. The van der Waals surface area contributed by atoms with Gasteiger partial charge in [-0.15, -0.1) is 0 Å². The smallest absolute Gasteiger partial charge is 0.139 e. The van der Waals surface area contributed by atoms with Crippen LogP contribution < -0.4 is 4.90 Å². The summed E-state index contributed by atoms with van der Waals surface area (Å²) in [4.78, 5) is 9.96. The second-order valence-corrected chi connectivity index (χ2v) is 5.13. The Morgan fingerprint density at radius 2 is 2.20 bits per heavy atom. The van der Waals surface area contributed by atoms with E-state index in [9.17, 15) is 0 Å². The lowest BCUT2D eigenvalue weighted by Gasteiger charge is -2.17. The lowest BCUT2D eigenvalue weighted by molar-refractivity contribution is 0.761. The highest BCUT2D eigenvalue weighted by atomic mass is 15.2. The number of hydrogen-bond donors (Lipinski definition) is 1. The minimum Gasteiger partial charge on any atom is -0.360 e. The largest absolute Gasteiger partial charge is 0.360 e. The van der Waals surface area contributed by atoms with Crippen LogP contribution in [0.4, 0.5) is 5.82 Å². The van der Waals surface area contributed by atoms with Crippen molar-refractivity contribution in [1.82, 2.24) is 19.7 Å². The van der Waals surface area contributed by atoms with E-state index in [1.165, 1.54) is 5.56 Å². The molecular weight excluding hydrogens is 250 g/mol. The Morgan fingerprint density at radius 3 is 3.00 bits per heavy atom. The van der Waals surface area contributed by atoms with Crippen molar-refractivity contribution in [2.45, 2.75) is 12.8 Å². The molecule has 0 spiro atoms. The van der Waals surface area contributed by atoms with Gasteiger partial charge in [0.2, 0.25) is 0 Å². The van der Waals surface area contributed by atoms with Crippen molar-refractivity contribution in [1.29, 1.82) is 0 Å². The van der Waals surface area contributed by atoms with Crippen LogP contribution in [0, 0.1) is 0 Å². The average Bonchev–Trinajstić information content (AvgIpc) is 3.06. The molecule has 3 rings (SSSR count). The molecular formula is C15H19N5. The summed E-state index contributed by atoms with van der Waals surface area (Å²) in [6.07, 6.45) is 8.06. The van der Waals surface area contributed by atoms with E-state index in [0.717, 1.165) is 36.2 Å². The molecule has 0 aromatic carbocycles. The molecule has 0 bridgehead atoms. The van der Waals surface area contributed by atoms with Crippen LogP contribution in [0.3, 0.4) is 0 Å². The first-order valence-corrected chi connectivity index (χ1v) is 6.85. The molecule has 0 atom stereocenters. The third-order valence-electron chi connectivity index (χ3n) is 3.50. The fourth-order valence-corrected chi connectivity index (χ4v) is 2.37. The molecule has 5 nitrogen and oxygen atoms in total. The number of rotatable bonds is 5. The zero-order valence-electron chi connectivity index (χ0n) is 11.9. The summed E-state index contributed by atoms with van der Waals surface area (Å²) in [5.41, 5.74) is 2.23. The van der Waals surface area contributed by atoms with Crippen molar-refractivity contribution in [2.75, 3.05) is 18.5 Å². The van der Waals surface area contributed by atoms with E-state index in [2.05, 4.69) is 45.3 Å². The molecule has 5 heteroatoms. The van der Waals surface area contributed by atoms with E-state index in [1.54, 1.807) is 0 Å². The van der Waals surface area contributed by atoms with Crippen LogP contribution in [0.5, 0.6) is 0 Å². The Bertz CT molecular complexity index is 697. The van der Waals surface area contributed by atoms with Crippen molar-refractivity contribution >= 4 is 16.9 Å². The predicted octanol–water partition coefficient (Wildman–Crippen LogP) is 2.37. The molecule has 20 heavy (non-hydrogen) atoms. The molecule has 0 aliphatic heterocycles. The first-order chi connectivity index (χ1) is 9.72. The van der Waals surface area contributed by atoms with Crippen molar-refractivity contribution in [3.05, 3.63) is 42.4 Å². The van der Waals surface area contributed by atoms with Crippen LogP contribution in [0.2, 0.25) is 0 Å². The van der Waals surface area contributed by atoms with Crippen LogP contribution in [0.15, 0.2) is 36.8 Å². The molecule has 0 amide bonds. The number of aromatic amines is 1. The van der Waals surface area contributed by atoms with Gasteiger partial charge in [0.05, 0.1) is 6.20 Å². The number of hydrogen-bond acceptors (Lipinski definition) is 3. The SMILES string of the molecule is CN(CCCc1cnn(C)c1)c1ccc2cc[nH]c2n1. The summed E-state index contributed by atoms with van der Waals surface area (Å²) < 4.78 is 1.85. The molecule has 3 aromatic rings. The summed E-state index contributed by atoms with van der Waals surface area (Å²) >= 11 is 0. The number of aryl methyl sites for hydroxylation is 2. The molecule has 3 aromatic heterocycles. The summed E-state index contributed by atoms with van der Waals surface area (Å²) in [6, 6.07) is 6.21. The van der Waals surface area contributed by atoms with E-state index in [1.807, 2.05) is 30.2 Å². The zero-order chi connectivity index (χ0) is 13.9. The average molecular weight is 269 g/mol. The van der Waals surface area contributed by atoms with E-state index in [0.29, 0.717) is 0 Å². The van der Waals surface area contributed by atoms with Gasteiger partial charge in [0.25, 0.3) is 0 Å². The van der Waals surface area contributed by atoms with Crippen LogP contribution in [-0.4, -0.2) is 33.3 Å². The maximum Gasteiger partial charge on any atom is 0.139 e. The minimum atomic E-state index is 0.946. The van der Waals surface area contributed by atoms with Crippen LogP contribution in [-0.2, 0) is 13.5 Å². The van der Waals surface area contributed by atoms with Gasteiger partial charge in [0.15, 0.2) is 0 Å². The van der Waals surface area contributed by atoms with E-state index >= 15 is 0 Å². The number of pyridine rings is 1. The van der Waals surface area contributed by atoms with Gasteiger partial charge in [-0.25, -0.2) is 4.98 Å². The molecule has 1 N–H and O–H groups in total. The van der Waals surface area contributed by atoms with Gasteiger partial charge in [-0.05, 0) is 36.6 Å². The van der Waals surface area contributed by atoms with E-state index in [4.69, 9.17) is 0 Å². The summed E-state index contributed by atoms with van der Waals surface area (Å²) in [5, 5.41) is 5.34. The first kappa shape index (κ1) is 12.7. The topological polar surface area (TPSA) is 49.7 Å². The standard InChI is InChI=1S/C15H19N5/c1-19(9-3-4-12-10-17-20(2)11-12)14-6-5-13-7-8-16-15(13)18-14/h5-8,10-11H,3-4,9H2,1-2H3,(H,16,18). The molecule has 0 unspecified atom stereocenters. The number of nitrogens with zero attached hydrogens (tertiary/aromatic N) is 4. The summed E-state index contributed by atoms with van der Waals surface area (Å²) in [6.45, 7) is 0.980. The number of fused-ring (bicyclic) bond motifs is 1. The molecule has 104 valence electrons. The van der Waals surface area contributed by atoms with Gasteiger partial charge >= 0.3 is 0 Å². The molecule has 3 heterocycles.